The highest BCUT2D eigenvalue weighted by atomic mass is 16.6. The summed E-state index contributed by atoms with van der Waals surface area (Å²) in [4.78, 5) is 13.0. The molecule has 3 N–H and O–H groups in total. The molecule has 0 amide bonds. The maximum Gasteiger partial charge on any atom is 0.293 e. The molecule has 1 aromatic carbocycles. The van der Waals surface area contributed by atoms with Crippen molar-refractivity contribution in [1.82, 2.24) is 4.90 Å². The molecule has 6 heteroatoms. The molecule has 0 spiro atoms. The molecule has 0 aliphatic heterocycles. The fourth-order valence-corrected chi connectivity index (χ4v) is 2.27. The summed E-state index contributed by atoms with van der Waals surface area (Å²) in [6, 6.07) is 5.56. The van der Waals surface area contributed by atoms with Gasteiger partial charge in [-0.3, -0.25) is 20.9 Å². The van der Waals surface area contributed by atoms with Crippen molar-refractivity contribution in [3.63, 3.8) is 0 Å². The molecule has 21 heavy (non-hydrogen) atoms. The number of nitrogens with two attached hydrogens (primary N) is 1. The fourth-order valence-electron chi connectivity index (χ4n) is 2.27. The molecule has 0 radical (unpaired) electrons. The first-order valence-electron chi connectivity index (χ1n) is 7.47. The number of nitrogen functional groups attached to an aromatic ring is 1. The molecule has 0 heterocycles. The summed E-state index contributed by atoms with van der Waals surface area (Å²) in [6.07, 6.45) is 3.55. The molecule has 0 aromatic heterocycles. The van der Waals surface area contributed by atoms with E-state index in [4.69, 9.17) is 5.84 Å². The number of benzene rings is 1. The van der Waals surface area contributed by atoms with Crippen LogP contribution in [0, 0.1) is 10.1 Å². The van der Waals surface area contributed by atoms with Crippen LogP contribution in [-0.2, 0) is 6.54 Å². The Hall–Kier alpha value is -1.66. The highest BCUT2D eigenvalue weighted by molar-refractivity contribution is 5.61. The smallest absolute Gasteiger partial charge is 0.293 e. The number of hydrogen-bond donors (Lipinski definition) is 2. The number of rotatable bonds is 9. The average molecular weight is 294 g/mol. The van der Waals surface area contributed by atoms with Crippen LogP contribution in [0.1, 0.15) is 45.6 Å². The van der Waals surface area contributed by atoms with Crippen molar-refractivity contribution >= 4 is 11.4 Å². The number of nitrogens with zero attached hydrogens (tertiary/aromatic N) is 2. The quantitative estimate of drug-likeness (QED) is 0.316. The molecular weight excluding hydrogens is 268 g/mol. The molecule has 0 aliphatic rings. The normalized spacial score (nSPS) is 11.1. The first-order valence-corrected chi connectivity index (χ1v) is 7.47. The lowest BCUT2D eigenvalue weighted by atomic mass is 10.1. The lowest BCUT2D eigenvalue weighted by Crippen LogP contribution is -2.31. The molecule has 0 saturated carbocycles. The molecule has 0 bridgehead atoms. The molecule has 0 fully saturated rings. The zero-order valence-corrected chi connectivity index (χ0v) is 13.1. The van der Waals surface area contributed by atoms with Gasteiger partial charge in [-0.2, -0.15) is 0 Å². The standard InChI is InChI=1S/C15H26N4O2/c1-4-5-6-9-18(12(2)3)11-13-7-8-14(17-16)15(10-13)19(20)21/h7-8,10,12,17H,4-6,9,11,16H2,1-3H3. The Morgan fingerprint density at radius 3 is 2.62 bits per heavy atom. The minimum absolute atomic E-state index is 0.0206. The first-order chi connectivity index (χ1) is 9.99. The van der Waals surface area contributed by atoms with E-state index in [9.17, 15) is 10.1 Å². The van der Waals surface area contributed by atoms with E-state index >= 15 is 0 Å². The largest absolute Gasteiger partial charge is 0.318 e. The maximum absolute atomic E-state index is 11.1. The van der Waals surface area contributed by atoms with Gasteiger partial charge in [-0.25, -0.2) is 0 Å². The minimum atomic E-state index is -0.407. The van der Waals surface area contributed by atoms with Crippen LogP contribution >= 0.6 is 0 Å². The molecule has 6 nitrogen and oxygen atoms in total. The van der Waals surface area contributed by atoms with E-state index in [0.29, 0.717) is 18.3 Å². The van der Waals surface area contributed by atoms with Crippen molar-refractivity contribution in [3.05, 3.63) is 33.9 Å². The zero-order chi connectivity index (χ0) is 15.8. The summed E-state index contributed by atoms with van der Waals surface area (Å²) >= 11 is 0. The van der Waals surface area contributed by atoms with Crippen LogP contribution in [-0.4, -0.2) is 22.4 Å². The third-order valence-electron chi connectivity index (χ3n) is 3.58. The summed E-state index contributed by atoms with van der Waals surface area (Å²) in [7, 11) is 0. The van der Waals surface area contributed by atoms with Crippen molar-refractivity contribution in [2.24, 2.45) is 5.84 Å². The predicted molar refractivity (Wildman–Crippen MR) is 86.0 cm³/mol. The van der Waals surface area contributed by atoms with Crippen molar-refractivity contribution in [3.8, 4) is 0 Å². The second-order valence-electron chi connectivity index (χ2n) is 5.52. The third kappa shape index (κ3) is 5.32. The number of hydrazine groups is 1. The van der Waals surface area contributed by atoms with Gasteiger partial charge in [0.2, 0.25) is 0 Å². The molecular formula is C15H26N4O2. The number of nitrogens with one attached hydrogen (secondary N) is 1. The molecule has 1 aromatic rings. The fraction of sp³-hybridized carbons (Fsp3) is 0.600. The molecule has 0 unspecified atom stereocenters. The van der Waals surface area contributed by atoms with Crippen molar-refractivity contribution in [1.29, 1.82) is 0 Å². The second kappa shape index (κ2) is 8.59. The number of nitro groups is 1. The maximum atomic E-state index is 11.1. The van der Waals surface area contributed by atoms with Crippen molar-refractivity contribution < 1.29 is 4.92 Å². The molecule has 0 atom stereocenters. The van der Waals surface area contributed by atoms with E-state index in [1.54, 1.807) is 12.1 Å². The average Bonchev–Trinajstić information content (AvgIpc) is 2.46. The van der Waals surface area contributed by atoms with Gasteiger partial charge in [0.1, 0.15) is 5.69 Å². The van der Waals surface area contributed by atoms with Crippen LogP contribution in [0.25, 0.3) is 0 Å². The van der Waals surface area contributed by atoms with Gasteiger partial charge in [-0.15, -0.1) is 0 Å². The number of anilines is 1. The topological polar surface area (TPSA) is 84.4 Å². The summed E-state index contributed by atoms with van der Waals surface area (Å²) in [6.45, 7) is 8.21. The van der Waals surface area contributed by atoms with Crippen LogP contribution in [0.15, 0.2) is 18.2 Å². The minimum Gasteiger partial charge on any atom is -0.318 e. The van der Waals surface area contributed by atoms with Gasteiger partial charge < -0.3 is 5.43 Å². The highest BCUT2D eigenvalue weighted by Gasteiger charge is 2.16. The lowest BCUT2D eigenvalue weighted by molar-refractivity contribution is -0.384. The summed E-state index contributed by atoms with van der Waals surface area (Å²) in [5.74, 6) is 5.30. The van der Waals surface area contributed by atoms with E-state index in [0.717, 1.165) is 18.5 Å². The van der Waals surface area contributed by atoms with Gasteiger partial charge in [-0.1, -0.05) is 25.8 Å². The Morgan fingerprint density at radius 2 is 2.10 bits per heavy atom. The third-order valence-corrected chi connectivity index (χ3v) is 3.58. The number of nitro benzene ring substituents is 1. The second-order valence-corrected chi connectivity index (χ2v) is 5.52. The SMILES string of the molecule is CCCCCN(Cc1ccc(NN)c([N+](=O)[O-])c1)C(C)C. The lowest BCUT2D eigenvalue weighted by Gasteiger charge is -2.26. The van der Waals surface area contributed by atoms with Crippen LogP contribution in [0.3, 0.4) is 0 Å². The Morgan fingerprint density at radius 1 is 1.38 bits per heavy atom. The zero-order valence-electron chi connectivity index (χ0n) is 13.1. The summed E-state index contributed by atoms with van der Waals surface area (Å²) in [5, 5.41) is 11.1. The van der Waals surface area contributed by atoms with Gasteiger partial charge in [0, 0.05) is 18.7 Å². The van der Waals surface area contributed by atoms with E-state index < -0.39 is 4.92 Å². The van der Waals surface area contributed by atoms with E-state index in [1.807, 2.05) is 6.07 Å². The Labute approximate surface area is 126 Å². The Bertz CT molecular complexity index is 463. The van der Waals surface area contributed by atoms with Crippen molar-refractivity contribution in [2.45, 2.75) is 52.6 Å². The summed E-state index contributed by atoms with van der Waals surface area (Å²) in [5.41, 5.74) is 3.66. The Balaban J connectivity index is 2.83. The van der Waals surface area contributed by atoms with Crippen molar-refractivity contribution in [2.75, 3.05) is 12.0 Å². The van der Waals surface area contributed by atoms with Gasteiger partial charge in [0.15, 0.2) is 0 Å². The molecule has 118 valence electrons. The van der Waals surface area contributed by atoms with Crippen LogP contribution in [0.4, 0.5) is 11.4 Å². The van der Waals surface area contributed by atoms with Crippen LogP contribution in [0.2, 0.25) is 0 Å². The number of unbranched alkanes of at least 4 members (excludes halogenated alkanes) is 2. The molecule has 0 aliphatic carbocycles. The highest BCUT2D eigenvalue weighted by Crippen LogP contribution is 2.25. The monoisotopic (exact) mass is 294 g/mol. The van der Waals surface area contributed by atoms with Gasteiger partial charge in [-0.05, 0) is 38.4 Å². The van der Waals surface area contributed by atoms with Gasteiger partial charge in [0.25, 0.3) is 5.69 Å². The van der Waals surface area contributed by atoms with Gasteiger partial charge in [0.05, 0.1) is 4.92 Å². The van der Waals surface area contributed by atoms with Crippen LogP contribution in [0.5, 0.6) is 0 Å². The van der Waals surface area contributed by atoms with E-state index in [1.165, 1.54) is 12.8 Å². The predicted octanol–water partition coefficient (Wildman–Crippen LogP) is 3.28. The Kier molecular flexibility index (Phi) is 7.11. The van der Waals surface area contributed by atoms with Crippen LogP contribution < -0.4 is 11.3 Å². The van der Waals surface area contributed by atoms with E-state index in [-0.39, 0.29) is 5.69 Å². The molecule has 1 rings (SSSR count). The number of hydrogen-bond acceptors (Lipinski definition) is 5. The van der Waals surface area contributed by atoms with Gasteiger partial charge >= 0.3 is 0 Å². The first kappa shape index (κ1) is 17.4. The van der Waals surface area contributed by atoms with E-state index in [2.05, 4.69) is 31.1 Å². The summed E-state index contributed by atoms with van der Waals surface area (Å²) < 4.78 is 0. The molecule has 0 saturated heterocycles.